The first-order valence-electron chi connectivity index (χ1n) is 10.2. The minimum Gasteiger partial charge on any atom is -0.462 e. The number of carbonyl (C=O) groups is 2. The molecule has 0 aliphatic heterocycles. The van der Waals surface area contributed by atoms with Gasteiger partial charge in [-0.2, -0.15) is 0 Å². The topological polar surface area (TPSA) is 52.6 Å². The number of rotatable bonds is 10. The van der Waals surface area contributed by atoms with Crippen molar-refractivity contribution in [3.05, 3.63) is 95.1 Å². The van der Waals surface area contributed by atoms with Gasteiger partial charge in [-0.1, -0.05) is 74.6 Å². The second-order valence-corrected chi connectivity index (χ2v) is 6.62. The summed E-state index contributed by atoms with van der Waals surface area (Å²) >= 11 is 0. The number of esters is 2. The van der Waals surface area contributed by atoms with Gasteiger partial charge in [0.2, 0.25) is 0 Å². The molecule has 2 rings (SSSR count). The second-order valence-electron chi connectivity index (χ2n) is 6.62. The van der Waals surface area contributed by atoms with Crippen molar-refractivity contribution in [2.45, 2.75) is 26.7 Å². The van der Waals surface area contributed by atoms with E-state index in [1.54, 1.807) is 24.3 Å². The van der Waals surface area contributed by atoms with Gasteiger partial charge in [-0.05, 0) is 48.2 Å². The van der Waals surface area contributed by atoms with E-state index in [-0.39, 0.29) is 11.9 Å². The molecule has 0 saturated carbocycles. The number of carbonyl (C=O) groups excluding carboxylic acids is 2. The van der Waals surface area contributed by atoms with Crippen LogP contribution in [-0.4, -0.2) is 25.2 Å². The van der Waals surface area contributed by atoms with Crippen molar-refractivity contribution in [2.24, 2.45) is 0 Å². The van der Waals surface area contributed by atoms with Crippen LogP contribution in [0.4, 0.5) is 0 Å². The molecule has 0 aliphatic carbocycles. The number of benzene rings is 2. The highest BCUT2D eigenvalue weighted by atomic mass is 16.5. The Kier molecular flexibility index (Phi) is 9.87. The van der Waals surface area contributed by atoms with Crippen LogP contribution in [0.3, 0.4) is 0 Å². The summed E-state index contributed by atoms with van der Waals surface area (Å²) in [5, 5.41) is 0. The highest BCUT2D eigenvalue weighted by Crippen LogP contribution is 2.09. The Morgan fingerprint density at radius 3 is 1.33 bits per heavy atom. The Morgan fingerprint density at radius 2 is 1.00 bits per heavy atom. The van der Waals surface area contributed by atoms with Gasteiger partial charge in [0.1, 0.15) is 0 Å². The zero-order valence-corrected chi connectivity index (χ0v) is 17.5. The third kappa shape index (κ3) is 7.92. The maximum absolute atomic E-state index is 11.8. The number of ether oxygens (including phenoxy) is 2. The van der Waals surface area contributed by atoms with E-state index in [4.69, 9.17) is 9.47 Å². The lowest BCUT2D eigenvalue weighted by molar-refractivity contribution is 0.0496. The van der Waals surface area contributed by atoms with Crippen LogP contribution < -0.4 is 0 Å². The van der Waals surface area contributed by atoms with Gasteiger partial charge in [0, 0.05) is 0 Å². The summed E-state index contributed by atoms with van der Waals surface area (Å²) in [6, 6.07) is 14.6. The van der Waals surface area contributed by atoms with Crippen LogP contribution in [0.2, 0.25) is 0 Å². The number of allylic oxidation sites excluding steroid dienone is 4. The fourth-order valence-corrected chi connectivity index (χ4v) is 2.48. The van der Waals surface area contributed by atoms with Crippen LogP contribution in [0.1, 0.15) is 58.5 Å². The third-order valence-corrected chi connectivity index (χ3v) is 4.08. The fraction of sp³-hybridized carbons (Fsp3) is 0.231. The summed E-state index contributed by atoms with van der Waals surface area (Å²) in [6.45, 7) is 4.81. The summed E-state index contributed by atoms with van der Waals surface area (Å²) < 4.78 is 10.2. The van der Waals surface area contributed by atoms with Gasteiger partial charge in [0.05, 0.1) is 24.3 Å². The van der Waals surface area contributed by atoms with E-state index >= 15 is 0 Å². The first-order valence-corrected chi connectivity index (χ1v) is 10.2. The Hall–Kier alpha value is -3.40. The summed E-state index contributed by atoms with van der Waals surface area (Å²) in [4.78, 5) is 23.6. The molecule has 156 valence electrons. The molecule has 0 fully saturated rings. The quantitative estimate of drug-likeness (QED) is 0.354. The van der Waals surface area contributed by atoms with E-state index in [1.165, 1.54) is 0 Å². The molecule has 0 heterocycles. The molecule has 0 radical (unpaired) electrons. The average molecular weight is 405 g/mol. The van der Waals surface area contributed by atoms with Gasteiger partial charge in [-0.15, -0.1) is 0 Å². The monoisotopic (exact) mass is 404 g/mol. The van der Waals surface area contributed by atoms with Gasteiger partial charge >= 0.3 is 11.9 Å². The highest BCUT2D eigenvalue weighted by Gasteiger charge is 2.06. The van der Waals surface area contributed by atoms with E-state index in [2.05, 4.69) is 0 Å². The lowest BCUT2D eigenvalue weighted by atomic mass is 10.1. The average Bonchev–Trinajstić information content (AvgIpc) is 2.78. The predicted octanol–water partition coefficient (Wildman–Crippen LogP) is 6.10. The van der Waals surface area contributed by atoms with Crippen LogP contribution in [0.25, 0.3) is 12.2 Å². The molecular formula is C26H28O4. The molecule has 4 nitrogen and oxygen atoms in total. The SMILES string of the molecule is CCCOC(=O)c1ccc(\C=C/C=C/C=C\c2ccc(C(=O)OCCC)cc2)cc1. The van der Waals surface area contributed by atoms with Crippen molar-refractivity contribution in [3.63, 3.8) is 0 Å². The van der Waals surface area contributed by atoms with Crippen molar-refractivity contribution >= 4 is 24.1 Å². The molecule has 0 bridgehead atoms. The molecule has 2 aromatic carbocycles. The molecule has 0 saturated heterocycles. The molecular weight excluding hydrogens is 376 g/mol. The van der Waals surface area contributed by atoms with E-state index in [0.717, 1.165) is 24.0 Å². The van der Waals surface area contributed by atoms with E-state index in [9.17, 15) is 9.59 Å². The Labute approximate surface area is 178 Å². The highest BCUT2D eigenvalue weighted by molar-refractivity contribution is 5.90. The van der Waals surface area contributed by atoms with Crippen molar-refractivity contribution in [1.29, 1.82) is 0 Å². The summed E-state index contributed by atoms with van der Waals surface area (Å²) in [5.41, 5.74) is 3.12. The zero-order valence-electron chi connectivity index (χ0n) is 17.5. The van der Waals surface area contributed by atoms with E-state index in [0.29, 0.717) is 24.3 Å². The van der Waals surface area contributed by atoms with Crippen LogP contribution in [0.5, 0.6) is 0 Å². The third-order valence-electron chi connectivity index (χ3n) is 4.08. The molecule has 0 aromatic heterocycles. The van der Waals surface area contributed by atoms with Gasteiger partial charge in [0.25, 0.3) is 0 Å². The first-order chi connectivity index (χ1) is 14.6. The smallest absolute Gasteiger partial charge is 0.338 e. The van der Waals surface area contributed by atoms with Crippen LogP contribution in [-0.2, 0) is 9.47 Å². The molecule has 0 spiro atoms. The minimum atomic E-state index is -0.289. The molecule has 0 unspecified atom stereocenters. The predicted molar refractivity (Wildman–Crippen MR) is 121 cm³/mol. The molecule has 2 aromatic rings. The zero-order chi connectivity index (χ0) is 21.6. The Morgan fingerprint density at radius 1 is 0.633 bits per heavy atom. The van der Waals surface area contributed by atoms with E-state index in [1.807, 2.05) is 74.6 Å². The van der Waals surface area contributed by atoms with Crippen LogP contribution >= 0.6 is 0 Å². The minimum absolute atomic E-state index is 0.289. The normalized spacial score (nSPS) is 11.4. The van der Waals surface area contributed by atoms with Crippen molar-refractivity contribution in [2.75, 3.05) is 13.2 Å². The summed E-state index contributed by atoms with van der Waals surface area (Å²) in [5.74, 6) is -0.577. The molecule has 30 heavy (non-hydrogen) atoms. The number of hydrogen-bond donors (Lipinski definition) is 0. The molecule has 4 heteroatoms. The summed E-state index contributed by atoms with van der Waals surface area (Å²) in [7, 11) is 0. The fourth-order valence-electron chi connectivity index (χ4n) is 2.48. The molecule has 0 aliphatic rings. The van der Waals surface area contributed by atoms with Gasteiger partial charge in [-0.3, -0.25) is 0 Å². The standard InChI is InChI=1S/C26H28O4/c1-3-19-29-25(27)23-15-11-21(12-16-23)9-7-5-6-8-10-22-13-17-24(18-14-22)26(28)30-20-4-2/h5-18H,3-4,19-20H2,1-2H3/b6-5+,9-7-,10-8-. The summed E-state index contributed by atoms with van der Waals surface area (Å²) in [6.07, 6.45) is 13.3. The lowest BCUT2D eigenvalue weighted by Gasteiger charge is -2.03. The molecule has 0 atom stereocenters. The van der Waals surface area contributed by atoms with Crippen molar-refractivity contribution in [3.8, 4) is 0 Å². The largest absolute Gasteiger partial charge is 0.462 e. The second kappa shape index (κ2) is 12.9. The van der Waals surface area contributed by atoms with Crippen molar-refractivity contribution < 1.29 is 19.1 Å². The van der Waals surface area contributed by atoms with Gasteiger partial charge < -0.3 is 9.47 Å². The maximum atomic E-state index is 11.8. The Bertz CT molecular complexity index is 812. The van der Waals surface area contributed by atoms with E-state index < -0.39 is 0 Å². The Balaban J connectivity index is 1.82. The van der Waals surface area contributed by atoms with Gasteiger partial charge in [-0.25, -0.2) is 9.59 Å². The van der Waals surface area contributed by atoms with Crippen LogP contribution in [0.15, 0.2) is 72.8 Å². The first kappa shape index (κ1) is 22.9. The van der Waals surface area contributed by atoms with Crippen molar-refractivity contribution in [1.82, 2.24) is 0 Å². The maximum Gasteiger partial charge on any atom is 0.338 e. The lowest BCUT2D eigenvalue weighted by Crippen LogP contribution is -2.05. The van der Waals surface area contributed by atoms with Crippen LogP contribution in [0, 0.1) is 0 Å². The molecule has 0 amide bonds. The molecule has 0 N–H and O–H groups in total. The number of hydrogen-bond acceptors (Lipinski definition) is 4. The van der Waals surface area contributed by atoms with Gasteiger partial charge in [0.15, 0.2) is 0 Å².